The lowest BCUT2D eigenvalue weighted by molar-refractivity contribution is -0.384. The zero-order valence-electron chi connectivity index (χ0n) is 10.4. The molecule has 2 rings (SSSR count). The van der Waals surface area contributed by atoms with Gasteiger partial charge in [-0.1, -0.05) is 18.2 Å². The fourth-order valence-electron chi connectivity index (χ4n) is 1.63. The van der Waals surface area contributed by atoms with Gasteiger partial charge >= 0.3 is 0 Å². The number of hydrazine groups is 1. The Morgan fingerprint density at radius 3 is 2.70 bits per heavy atom. The van der Waals surface area contributed by atoms with Crippen molar-refractivity contribution in [2.45, 2.75) is 6.61 Å². The van der Waals surface area contributed by atoms with Gasteiger partial charge in [-0.25, -0.2) is 4.39 Å². The van der Waals surface area contributed by atoms with Gasteiger partial charge in [0.2, 0.25) is 0 Å². The van der Waals surface area contributed by atoms with Crippen molar-refractivity contribution in [2.75, 3.05) is 5.43 Å². The Morgan fingerprint density at radius 2 is 2.05 bits per heavy atom. The zero-order chi connectivity index (χ0) is 14.5. The highest BCUT2D eigenvalue weighted by atomic mass is 19.1. The highest BCUT2D eigenvalue weighted by Crippen LogP contribution is 2.26. The number of nitrogens with one attached hydrogen (secondary N) is 1. The van der Waals surface area contributed by atoms with Gasteiger partial charge in [0, 0.05) is 17.7 Å². The first-order valence-electron chi connectivity index (χ1n) is 5.72. The van der Waals surface area contributed by atoms with E-state index < -0.39 is 10.7 Å². The van der Waals surface area contributed by atoms with Gasteiger partial charge in [0.15, 0.2) is 0 Å². The number of nitrogens with zero attached hydrogens (tertiary/aromatic N) is 1. The summed E-state index contributed by atoms with van der Waals surface area (Å²) in [4.78, 5) is 10.2. The predicted molar refractivity (Wildman–Crippen MR) is 71.6 cm³/mol. The van der Waals surface area contributed by atoms with Crippen LogP contribution in [0.15, 0.2) is 42.5 Å². The molecule has 0 aliphatic heterocycles. The minimum atomic E-state index is -0.559. The maximum atomic E-state index is 13.4. The van der Waals surface area contributed by atoms with Gasteiger partial charge in [-0.15, -0.1) is 0 Å². The molecule has 0 aromatic heterocycles. The van der Waals surface area contributed by atoms with Gasteiger partial charge in [0.25, 0.3) is 5.69 Å². The number of non-ortho nitro benzene ring substituents is 1. The van der Waals surface area contributed by atoms with Crippen molar-refractivity contribution in [1.29, 1.82) is 0 Å². The summed E-state index contributed by atoms with van der Waals surface area (Å²) in [7, 11) is 0. The molecule has 0 unspecified atom stereocenters. The highest BCUT2D eigenvalue weighted by Gasteiger charge is 2.11. The summed E-state index contributed by atoms with van der Waals surface area (Å²) < 4.78 is 18.8. The highest BCUT2D eigenvalue weighted by molar-refractivity contribution is 5.55. The van der Waals surface area contributed by atoms with E-state index in [1.54, 1.807) is 18.2 Å². The Balaban J connectivity index is 2.19. The number of nitrogen functional groups attached to an aromatic ring is 1. The molecule has 20 heavy (non-hydrogen) atoms. The summed E-state index contributed by atoms with van der Waals surface area (Å²) in [5.41, 5.74) is 2.85. The minimum absolute atomic E-state index is 0.0299. The third-order valence-electron chi connectivity index (χ3n) is 2.62. The number of ether oxygens (including phenoxy) is 1. The molecule has 0 amide bonds. The number of hydrogen-bond acceptors (Lipinski definition) is 5. The van der Waals surface area contributed by atoms with Crippen molar-refractivity contribution >= 4 is 11.4 Å². The second-order valence-electron chi connectivity index (χ2n) is 4.00. The first kappa shape index (κ1) is 13.8. The van der Waals surface area contributed by atoms with E-state index >= 15 is 0 Å². The van der Waals surface area contributed by atoms with Crippen LogP contribution in [0, 0.1) is 15.9 Å². The second-order valence-corrected chi connectivity index (χ2v) is 4.00. The first-order chi connectivity index (χ1) is 9.60. The van der Waals surface area contributed by atoms with Gasteiger partial charge < -0.3 is 10.2 Å². The largest absolute Gasteiger partial charge is 0.488 e. The van der Waals surface area contributed by atoms with Crippen molar-refractivity contribution in [1.82, 2.24) is 0 Å². The number of nitro benzene ring substituents is 1. The minimum Gasteiger partial charge on any atom is -0.488 e. The van der Waals surface area contributed by atoms with Crippen LogP contribution in [0.25, 0.3) is 0 Å². The van der Waals surface area contributed by atoms with E-state index in [0.29, 0.717) is 11.3 Å². The van der Waals surface area contributed by atoms with Crippen molar-refractivity contribution in [3.8, 4) is 5.75 Å². The standard InChI is InChI=1S/C13H12FN3O3/c14-13-4-2-1-3-9(13)8-20-12-6-10(16-15)5-11(7-12)17(18)19/h1-7,16H,8,15H2. The number of hydrogen-bond donors (Lipinski definition) is 2. The van der Waals surface area contributed by atoms with E-state index in [4.69, 9.17) is 10.6 Å². The van der Waals surface area contributed by atoms with Crippen LogP contribution in [0.4, 0.5) is 15.8 Å². The molecular formula is C13H12FN3O3. The summed E-state index contributed by atoms with van der Waals surface area (Å²) in [6.07, 6.45) is 0. The number of halogens is 1. The smallest absolute Gasteiger partial charge is 0.275 e. The maximum Gasteiger partial charge on any atom is 0.275 e. The number of nitro groups is 1. The third-order valence-corrected chi connectivity index (χ3v) is 2.62. The van der Waals surface area contributed by atoms with Crippen molar-refractivity contribution < 1.29 is 14.1 Å². The van der Waals surface area contributed by atoms with Crippen LogP contribution in [0.1, 0.15) is 5.56 Å². The Labute approximate surface area is 114 Å². The van der Waals surface area contributed by atoms with Crippen LogP contribution in [0.2, 0.25) is 0 Å². The lowest BCUT2D eigenvalue weighted by atomic mass is 10.2. The average Bonchev–Trinajstić information content (AvgIpc) is 2.46. The fourth-order valence-corrected chi connectivity index (χ4v) is 1.63. The van der Waals surface area contributed by atoms with Crippen molar-refractivity contribution in [3.63, 3.8) is 0 Å². The lowest BCUT2D eigenvalue weighted by Gasteiger charge is -2.09. The quantitative estimate of drug-likeness (QED) is 0.498. The summed E-state index contributed by atoms with van der Waals surface area (Å²) in [6, 6.07) is 10.2. The van der Waals surface area contributed by atoms with Gasteiger partial charge in [-0.05, 0) is 6.07 Å². The van der Waals surface area contributed by atoms with Crippen molar-refractivity contribution in [3.05, 3.63) is 64.0 Å². The Morgan fingerprint density at radius 1 is 1.30 bits per heavy atom. The molecule has 0 radical (unpaired) electrons. The molecule has 2 aromatic carbocycles. The van der Waals surface area contributed by atoms with Crippen LogP contribution in [0.3, 0.4) is 0 Å². The number of rotatable bonds is 5. The SMILES string of the molecule is NNc1cc(OCc2ccccc2F)cc([N+](=O)[O-])c1. The molecule has 2 aromatic rings. The summed E-state index contributed by atoms with van der Waals surface area (Å²) in [5.74, 6) is 5.07. The van der Waals surface area contributed by atoms with Crippen LogP contribution in [0.5, 0.6) is 5.75 Å². The topological polar surface area (TPSA) is 90.4 Å². The van der Waals surface area contributed by atoms with Gasteiger partial charge in [-0.3, -0.25) is 16.0 Å². The fraction of sp³-hybridized carbons (Fsp3) is 0.0769. The maximum absolute atomic E-state index is 13.4. The Kier molecular flexibility index (Phi) is 4.11. The van der Waals surface area contributed by atoms with Crippen LogP contribution in [-0.2, 0) is 6.61 Å². The Bertz CT molecular complexity index is 634. The number of anilines is 1. The predicted octanol–water partition coefficient (Wildman–Crippen LogP) is 2.60. The summed E-state index contributed by atoms with van der Waals surface area (Å²) >= 11 is 0. The van der Waals surface area contributed by atoms with Gasteiger partial charge in [-0.2, -0.15) is 0 Å². The second kappa shape index (κ2) is 5.98. The molecule has 0 saturated heterocycles. The van der Waals surface area contributed by atoms with Gasteiger partial charge in [0.1, 0.15) is 18.2 Å². The molecule has 0 spiro atoms. The molecule has 6 nitrogen and oxygen atoms in total. The van der Waals surface area contributed by atoms with E-state index in [1.165, 1.54) is 24.3 Å². The molecule has 0 saturated carbocycles. The van der Waals surface area contributed by atoms with Crippen LogP contribution in [-0.4, -0.2) is 4.92 Å². The van der Waals surface area contributed by atoms with Crippen LogP contribution < -0.4 is 16.0 Å². The number of benzene rings is 2. The lowest BCUT2D eigenvalue weighted by Crippen LogP contribution is -2.07. The molecule has 104 valence electrons. The van der Waals surface area contributed by atoms with E-state index in [-0.39, 0.29) is 18.0 Å². The van der Waals surface area contributed by atoms with E-state index in [1.807, 2.05) is 0 Å². The molecule has 0 bridgehead atoms. The molecule has 3 N–H and O–H groups in total. The average molecular weight is 277 g/mol. The van der Waals surface area contributed by atoms with Crippen LogP contribution >= 0.6 is 0 Å². The monoisotopic (exact) mass is 277 g/mol. The molecule has 0 heterocycles. The van der Waals surface area contributed by atoms with E-state index in [2.05, 4.69) is 5.43 Å². The van der Waals surface area contributed by atoms with E-state index in [9.17, 15) is 14.5 Å². The first-order valence-corrected chi connectivity index (χ1v) is 5.72. The molecule has 0 aliphatic rings. The summed E-state index contributed by atoms with van der Waals surface area (Å²) in [5, 5.41) is 10.8. The van der Waals surface area contributed by atoms with Crippen molar-refractivity contribution in [2.24, 2.45) is 5.84 Å². The Hall–Kier alpha value is -2.67. The number of nitrogens with two attached hydrogens (primary N) is 1. The molecule has 0 atom stereocenters. The van der Waals surface area contributed by atoms with E-state index in [0.717, 1.165) is 0 Å². The zero-order valence-corrected chi connectivity index (χ0v) is 10.4. The molecule has 0 aliphatic carbocycles. The molecular weight excluding hydrogens is 265 g/mol. The third kappa shape index (κ3) is 3.21. The van der Waals surface area contributed by atoms with Gasteiger partial charge in [0.05, 0.1) is 16.7 Å². The normalized spacial score (nSPS) is 10.1. The molecule has 0 fully saturated rings. The molecule has 7 heteroatoms. The summed E-state index contributed by atoms with van der Waals surface area (Å²) in [6.45, 7) is -0.0299.